The van der Waals surface area contributed by atoms with E-state index < -0.39 is 24.0 Å². The number of amides is 1. The van der Waals surface area contributed by atoms with Crippen LogP contribution in [0.2, 0.25) is 0 Å². The van der Waals surface area contributed by atoms with Crippen LogP contribution >= 0.6 is 15.9 Å². The topological polar surface area (TPSA) is 64.6 Å². The van der Waals surface area contributed by atoms with Gasteiger partial charge in [0.2, 0.25) is 0 Å². The second-order valence-electron chi connectivity index (χ2n) is 4.33. The highest BCUT2D eigenvalue weighted by Gasteiger charge is 2.27. The van der Waals surface area contributed by atoms with Crippen LogP contribution in [-0.2, 0) is 19.1 Å². The van der Waals surface area contributed by atoms with Gasteiger partial charge in [-0.15, -0.1) is 0 Å². The van der Waals surface area contributed by atoms with Crippen LogP contribution in [0.3, 0.4) is 0 Å². The van der Waals surface area contributed by atoms with Crippen molar-refractivity contribution in [3.05, 3.63) is 47.0 Å². The molecule has 5 nitrogen and oxygen atoms in total. The van der Waals surface area contributed by atoms with Crippen molar-refractivity contribution < 1.29 is 19.1 Å². The van der Waals surface area contributed by atoms with Gasteiger partial charge in [0.05, 0.1) is 7.11 Å². The monoisotopic (exact) mass is 355 g/mol. The van der Waals surface area contributed by atoms with E-state index in [1.807, 2.05) is 18.2 Å². The van der Waals surface area contributed by atoms with Crippen LogP contribution in [-0.4, -0.2) is 32.1 Å². The van der Waals surface area contributed by atoms with Gasteiger partial charge in [-0.25, -0.2) is 4.79 Å². The zero-order valence-electron chi connectivity index (χ0n) is 12.0. The molecule has 2 atom stereocenters. The Morgan fingerprint density at radius 1 is 1.29 bits per heavy atom. The average Bonchev–Trinajstić information content (AvgIpc) is 2.47. The summed E-state index contributed by atoms with van der Waals surface area (Å²) in [5.74, 6) is -0.945. The van der Waals surface area contributed by atoms with Crippen molar-refractivity contribution >= 4 is 27.8 Å². The number of halogens is 1. The van der Waals surface area contributed by atoms with Crippen molar-refractivity contribution in [1.29, 1.82) is 0 Å². The fourth-order valence-electron chi connectivity index (χ4n) is 1.83. The van der Waals surface area contributed by atoms with Gasteiger partial charge < -0.3 is 14.8 Å². The SMILES string of the molecule is C=C(Br)C[C@H](NC(=O)[C@H](OC)c1ccccc1)C(=O)OC. The van der Waals surface area contributed by atoms with Crippen LogP contribution in [0.15, 0.2) is 41.4 Å². The highest BCUT2D eigenvalue weighted by atomic mass is 79.9. The molecule has 0 fully saturated rings. The van der Waals surface area contributed by atoms with Gasteiger partial charge in [-0.2, -0.15) is 0 Å². The summed E-state index contributed by atoms with van der Waals surface area (Å²) >= 11 is 3.18. The van der Waals surface area contributed by atoms with Crippen molar-refractivity contribution in [2.45, 2.75) is 18.6 Å². The maximum Gasteiger partial charge on any atom is 0.328 e. The standard InChI is InChI=1S/C15H18BrNO4/c1-10(16)9-12(15(19)21-3)17-14(18)13(20-2)11-7-5-4-6-8-11/h4-8,12-13H,1,9H2,2-3H3,(H,17,18)/t12-,13+/m0/s1. The number of esters is 1. The van der Waals surface area contributed by atoms with Crippen LogP contribution in [0.4, 0.5) is 0 Å². The zero-order chi connectivity index (χ0) is 15.8. The number of methoxy groups -OCH3 is 2. The minimum Gasteiger partial charge on any atom is -0.467 e. The zero-order valence-corrected chi connectivity index (χ0v) is 13.6. The number of carbonyl (C=O) groups excluding carboxylic acids is 2. The second-order valence-corrected chi connectivity index (χ2v) is 5.45. The van der Waals surface area contributed by atoms with Crippen molar-refractivity contribution in [3.8, 4) is 0 Å². The van der Waals surface area contributed by atoms with E-state index in [0.717, 1.165) is 0 Å². The summed E-state index contributed by atoms with van der Waals surface area (Å²) in [4.78, 5) is 24.0. The van der Waals surface area contributed by atoms with E-state index in [-0.39, 0.29) is 6.42 Å². The quantitative estimate of drug-likeness (QED) is 0.762. The molecule has 0 bridgehead atoms. The largest absolute Gasteiger partial charge is 0.467 e. The molecule has 0 aliphatic rings. The van der Waals surface area contributed by atoms with Crippen LogP contribution in [0, 0.1) is 0 Å². The number of rotatable bonds is 7. The predicted octanol–water partition coefficient (Wildman–Crippen LogP) is 2.33. The minimum absolute atomic E-state index is 0.240. The molecule has 6 heteroatoms. The summed E-state index contributed by atoms with van der Waals surface area (Å²) in [6.07, 6.45) is -0.550. The first kappa shape index (κ1) is 17.4. The number of benzene rings is 1. The van der Waals surface area contributed by atoms with Crippen LogP contribution in [0.1, 0.15) is 18.1 Å². The van der Waals surface area contributed by atoms with Gasteiger partial charge >= 0.3 is 5.97 Å². The summed E-state index contributed by atoms with van der Waals surface area (Å²) < 4.78 is 10.5. The molecule has 1 aromatic rings. The highest BCUT2D eigenvalue weighted by molar-refractivity contribution is 9.11. The normalized spacial score (nSPS) is 13.1. The molecule has 0 spiro atoms. The molecule has 0 saturated heterocycles. The Balaban J connectivity index is 2.84. The van der Waals surface area contributed by atoms with Gasteiger partial charge in [-0.05, 0) is 10.0 Å². The van der Waals surface area contributed by atoms with Crippen molar-refractivity contribution in [2.24, 2.45) is 0 Å². The number of nitrogens with one attached hydrogen (secondary N) is 1. The Morgan fingerprint density at radius 3 is 2.38 bits per heavy atom. The van der Waals surface area contributed by atoms with Gasteiger partial charge in [0.1, 0.15) is 6.04 Å². The molecular formula is C15H18BrNO4. The fourth-order valence-corrected chi connectivity index (χ4v) is 2.15. The Hall–Kier alpha value is -1.66. The molecule has 1 rings (SSSR count). The molecule has 0 aliphatic carbocycles. The molecule has 1 N–H and O–H groups in total. The molecule has 1 amide bonds. The molecular weight excluding hydrogens is 338 g/mol. The Bertz CT molecular complexity index is 504. The maximum absolute atomic E-state index is 12.3. The lowest BCUT2D eigenvalue weighted by molar-refractivity contribution is -0.146. The number of ether oxygens (including phenoxy) is 2. The summed E-state index contributed by atoms with van der Waals surface area (Å²) in [5, 5.41) is 2.62. The van der Waals surface area contributed by atoms with Crippen LogP contribution in [0.25, 0.3) is 0 Å². The Labute approximate surface area is 132 Å². The third-order valence-corrected chi connectivity index (χ3v) is 3.13. The molecule has 21 heavy (non-hydrogen) atoms. The summed E-state index contributed by atoms with van der Waals surface area (Å²) in [6, 6.07) is 8.23. The molecule has 0 radical (unpaired) electrons. The average molecular weight is 356 g/mol. The van der Waals surface area contributed by atoms with E-state index in [9.17, 15) is 9.59 Å². The van der Waals surface area contributed by atoms with Crippen molar-refractivity contribution in [2.75, 3.05) is 14.2 Å². The van der Waals surface area contributed by atoms with E-state index in [1.54, 1.807) is 12.1 Å². The molecule has 0 aromatic heterocycles. The molecule has 114 valence electrons. The lowest BCUT2D eigenvalue weighted by Gasteiger charge is -2.20. The van der Waals surface area contributed by atoms with Gasteiger partial charge in [-0.1, -0.05) is 52.8 Å². The Morgan fingerprint density at radius 2 is 1.90 bits per heavy atom. The maximum atomic E-state index is 12.3. The fraction of sp³-hybridized carbons (Fsp3) is 0.333. The van der Waals surface area contributed by atoms with Gasteiger partial charge in [0, 0.05) is 13.5 Å². The highest BCUT2D eigenvalue weighted by Crippen LogP contribution is 2.18. The number of carbonyl (C=O) groups is 2. The molecule has 0 saturated carbocycles. The number of hydrogen-bond donors (Lipinski definition) is 1. The molecule has 1 aromatic carbocycles. The summed E-state index contributed by atoms with van der Waals surface area (Å²) in [7, 11) is 2.71. The molecule has 0 unspecified atom stereocenters. The van der Waals surface area contributed by atoms with Gasteiger partial charge in [0.15, 0.2) is 6.10 Å². The van der Waals surface area contributed by atoms with Crippen molar-refractivity contribution in [1.82, 2.24) is 5.32 Å². The number of hydrogen-bond acceptors (Lipinski definition) is 4. The van der Waals surface area contributed by atoms with Crippen molar-refractivity contribution in [3.63, 3.8) is 0 Å². The predicted molar refractivity (Wildman–Crippen MR) is 82.8 cm³/mol. The van der Waals surface area contributed by atoms with Crippen LogP contribution < -0.4 is 5.32 Å². The first-order chi connectivity index (χ1) is 9.99. The first-order valence-electron chi connectivity index (χ1n) is 6.28. The summed E-state index contributed by atoms with van der Waals surface area (Å²) in [6.45, 7) is 3.67. The third-order valence-electron chi connectivity index (χ3n) is 2.80. The van der Waals surface area contributed by atoms with E-state index in [4.69, 9.17) is 4.74 Å². The minimum atomic E-state index is -0.810. The third kappa shape index (κ3) is 5.32. The first-order valence-corrected chi connectivity index (χ1v) is 7.08. The van der Waals surface area contributed by atoms with E-state index in [2.05, 4.69) is 32.6 Å². The Kier molecular flexibility index (Phi) is 7.11. The lowest BCUT2D eigenvalue weighted by atomic mass is 10.1. The second kappa shape index (κ2) is 8.59. The lowest BCUT2D eigenvalue weighted by Crippen LogP contribution is -2.44. The van der Waals surface area contributed by atoms with Crippen LogP contribution in [0.5, 0.6) is 0 Å². The molecule has 0 heterocycles. The summed E-state index contributed by atoms with van der Waals surface area (Å²) in [5.41, 5.74) is 0.707. The molecule has 0 aliphatic heterocycles. The van der Waals surface area contributed by atoms with E-state index >= 15 is 0 Å². The van der Waals surface area contributed by atoms with E-state index in [0.29, 0.717) is 10.0 Å². The van der Waals surface area contributed by atoms with E-state index in [1.165, 1.54) is 14.2 Å². The van der Waals surface area contributed by atoms with Gasteiger partial charge in [-0.3, -0.25) is 4.79 Å². The van der Waals surface area contributed by atoms with Gasteiger partial charge in [0.25, 0.3) is 5.91 Å². The smallest absolute Gasteiger partial charge is 0.328 e.